The van der Waals surface area contributed by atoms with Crippen LogP contribution < -0.4 is 4.90 Å². The Bertz CT molecular complexity index is 481. The van der Waals surface area contributed by atoms with Gasteiger partial charge in [0.2, 0.25) is 5.91 Å². The second kappa shape index (κ2) is 4.69. The van der Waals surface area contributed by atoms with Crippen molar-refractivity contribution < 1.29 is 4.79 Å². The Morgan fingerprint density at radius 2 is 2.22 bits per heavy atom. The molecule has 18 heavy (non-hydrogen) atoms. The molecule has 0 saturated heterocycles. The Hall–Kier alpha value is -0.830. The Kier molecular flexibility index (Phi) is 3.18. The highest BCUT2D eigenvalue weighted by molar-refractivity contribution is 9.09. The lowest BCUT2D eigenvalue weighted by Gasteiger charge is -2.27. The van der Waals surface area contributed by atoms with Crippen LogP contribution >= 0.6 is 15.9 Å². The zero-order chi connectivity index (χ0) is 12.7. The molecule has 2 nitrogen and oxygen atoms in total. The first kappa shape index (κ1) is 12.2. The van der Waals surface area contributed by atoms with Crippen molar-refractivity contribution in [1.29, 1.82) is 0 Å². The molecular weight excluding hydrogens is 290 g/mol. The van der Waals surface area contributed by atoms with Crippen molar-refractivity contribution in [3.63, 3.8) is 0 Å². The molecule has 1 aromatic carbocycles. The van der Waals surface area contributed by atoms with Gasteiger partial charge in [0.15, 0.2) is 0 Å². The minimum atomic E-state index is 0.201. The van der Waals surface area contributed by atoms with Crippen LogP contribution in [0.25, 0.3) is 0 Å². The molecule has 0 N–H and O–H groups in total. The number of amides is 1. The third kappa shape index (κ3) is 2.09. The van der Waals surface area contributed by atoms with Gasteiger partial charge in [-0.3, -0.25) is 4.79 Å². The van der Waals surface area contributed by atoms with Crippen LogP contribution in [0, 0.1) is 5.92 Å². The SMILES string of the molecule is CN1C(=O)Cc2cc(C(Br)CC3CCC3)ccc21. The number of likely N-dealkylation sites (N-methyl/N-ethyl adjacent to an activating group) is 1. The Balaban J connectivity index is 1.78. The minimum absolute atomic E-state index is 0.201. The summed E-state index contributed by atoms with van der Waals surface area (Å²) in [6, 6.07) is 6.45. The number of halogens is 1. The van der Waals surface area contributed by atoms with Crippen LogP contribution in [0.3, 0.4) is 0 Å². The molecule has 3 rings (SSSR count). The predicted molar refractivity (Wildman–Crippen MR) is 77.2 cm³/mol. The summed E-state index contributed by atoms with van der Waals surface area (Å²) < 4.78 is 0. The molecule has 1 heterocycles. The number of hydrogen-bond donors (Lipinski definition) is 0. The third-order valence-corrected chi connectivity index (χ3v) is 5.21. The zero-order valence-electron chi connectivity index (χ0n) is 10.7. The second-order valence-electron chi connectivity index (χ2n) is 5.52. The van der Waals surface area contributed by atoms with E-state index in [1.54, 1.807) is 4.90 Å². The number of alkyl halides is 1. The van der Waals surface area contributed by atoms with Gasteiger partial charge in [-0.25, -0.2) is 0 Å². The molecule has 1 unspecified atom stereocenters. The maximum atomic E-state index is 11.7. The van der Waals surface area contributed by atoms with Gasteiger partial charge < -0.3 is 4.90 Å². The lowest BCUT2D eigenvalue weighted by atomic mass is 9.81. The van der Waals surface area contributed by atoms with E-state index < -0.39 is 0 Å². The number of nitrogens with zero attached hydrogens (tertiary/aromatic N) is 1. The van der Waals surface area contributed by atoms with E-state index in [9.17, 15) is 4.79 Å². The zero-order valence-corrected chi connectivity index (χ0v) is 12.2. The first-order chi connectivity index (χ1) is 8.65. The molecule has 0 radical (unpaired) electrons. The molecule has 0 aromatic heterocycles. The number of carbonyl (C=O) groups excluding carboxylic acids is 1. The predicted octanol–water partition coefficient (Wildman–Crippen LogP) is 3.83. The van der Waals surface area contributed by atoms with E-state index in [4.69, 9.17) is 0 Å². The summed E-state index contributed by atoms with van der Waals surface area (Å²) in [5.41, 5.74) is 3.58. The van der Waals surface area contributed by atoms with Gasteiger partial charge in [0.25, 0.3) is 0 Å². The first-order valence-corrected chi connectivity index (χ1v) is 7.60. The summed E-state index contributed by atoms with van der Waals surface area (Å²) in [6.45, 7) is 0. The van der Waals surface area contributed by atoms with Crippen molar-refractivity contribution in [1.82, 2.24) is 0 Å². The lowest BCUT2D eigenvalue weighted by molar-refractivity contribution is -0.117. The molecule has 2 aliphatic rings. The second-order valence-corrected chi connectivity index (χ2v) is 6.62. The minimum Gasteiger partial charge on any atom is -0.315 e. The molecule has 1 fully saturated rings. The fourth-order valence-electron chi connectivity index (χ4n) is 2.84. The van der Waals surface area contributed by atoms with Crippen molar-refractivity contribution in [2.24, 2.45) is 5.92 Å². The molecule has 1 saturated carbocycles. The van der Waals surface area contributed by atoms with Gasteiger partial charge in [0.05, 0.1) is 6.42 Å². The van der Waals surface area contributed by atoms with Crippen molar-refractivity contribution >= 4 is 27.5 Å². The number of rotatable bonds is 3. The van der Waals surface area contributed by atoms with Crippen molar-refractivity contribution in [2.45, 2.75) is 36.9 Å². The maximum Gasteiger partial charge on any atom is 0.231 e. The van der Waals surface area contributed by atoms with Gasteiger partial charge in [-0.2, -0.15) is 0 Å². The smallest absolute Gasteiger partial charge is 0.231 e. The highest BCUT2D eigenvalue weighted by Gasteiger charge is 2.26. The first-order valence-electron chi connectivity index (χ1n) is 6.68. The number of benzene rings is 1. The van der Waals surface area contributed by atoms with Crippen LogP contribution in [0.1, 0.15) is 41.6 Å². The third-order valence-electron chi connectivity index (χ3n) is 4.31. The van der Waals surface area contributed by atoms with Crippen molar-refractivity contribution in [3.05, 3.63) is 29.3 Å². The molecule has 1 aliphatic heterocycles. The van der Waals surface area contributed by atoms with E-state index in [0.717, 1.165) is 11.6 Å². The molecule has 0 bridgehead atoms. The van der Waals surface area contributed by atoms with Gasteiger partial charge in [-0.1, -0.05) is 47.3 Å². The van der Waals surface area contributed by atoms with Gasteiger partial charge in [0.1, 0.15) is 0 Å². The highest BCUT2D eigenvalue weighted by atomic mass is 79.9. The summed E-state index contributed by atoms with van der Waals surface area (Å²) in [5.74, 6) is 1.10. The van der Waals surface area contributed by atoms with Crippen LogP contribution in [0.5, 0.6) is 0 Å². The summed E-state index contributed by atoms with van der Waals surface area (Å²) >= 11 is 3.80. The summed E-state index contributed by atoms with van der Waals surface area (Å²) in [4.78, 5) is 13.9. The van der Waals surface area contributed by atoms with E-state index in [0.29, 0.717) is 11.2 Å². The van der Waals surface area contributed by atoms with Crippen LogP contribution in [-0.4, -0.2) is 13.0 Å². The van der Waals surface area contributed by atoms with Crippen LogP contribution in [0.2, 0.25) is 0 Å². The Morgan fingerprint density at radius 1 is 1.44 bits per heavy atom. The maximum absolute atomic E-state index is 11.7. The summed E-state index contributed by atoms with van der Waals surface area (Å²) in [7, 11) is 1.85. The lowest BCUT2D eigenvalue weighted by Crippen LogP contribution is -2.20. The largest absolute Gasteiger partial charge is 0.315 e. The van der Waals surface area contributed by atoms with Crippen LogP contribution in [0.4, 0.5) is 5.69 Å². The molecular formula is C15H18BrNO. The van der Waals surface area contributed by atoms with Gasteiger partial charge in [-0.05, 0) is 29.5 Å². The summed E-state index contributed by atoms with van der Waals surface area (Å²) in [6.07, 6.45) is 5.95. The molecule has 1 amide bonds. The average molecular weight is 308 g/mol. The normalized spacial score (nSPS) is 20.8. The van der Waals surface area contributed by atoms with Gasteiger partial charge >= 0.3 is 0 Å². The molecule has 1 atom stereocenters. The van der Waals surface area contributed by atoms with Crippen LogP contribution in [-0.2, 0) is 11.2 Å². The van der Waals surface area contributed by atoms with E-state index in [1.807, 2.05) is 7.05 Å². The summed E-state index contributed by atoms with van der Waals surface area (Å²) in [5, 5.41) is 0. The van der Waals surface area contributed by atoms with Gasteiger partial charge in [0, 0.05) is 17.6 Å². The topological polar surface area (TPSA) is 20.3 Å². The number of fused-ring (bicyclic) bond motifs is 1. The number of carbonyl (C=O) groups is 1. The fourth-order valence-corrected chi connectivity index (χ4v) is 3.66. The van der Waals surface area contributed by atoms with Gasteiger partial charge in [-0.15, -0.1) is 0 Å². The number of hydrogen-bond acceptors (Lipinski definition) is 1. The Morgan fingerprint density at radius 3 is 2.89 bits per heavy atom. The molecule has 1 aliphatic carbocycles. The van der Waals surface area contributed by atoms with Crippen molar-refractivity contribution in [3.8, 4) is 0 Å². The molecule has 1 aromatic rings. The van der Waals surface area contributed by atoms with Crippen LogP contribution in [0.15, 0.2) is 18.2 Å². The van der Waals surface area contributed by atoms with E-state index in [2.05, 4.69) is 34.1 Å². The van der Waals surface area contributed by atoms with E-state index in [-0.39, 0.29) is 5.91 Å². The quantitative estimate of drug-likeness (QED) is 0.777. The highest BCUT2D eigenvalue weighted by Crippen LogP contribution is 2.40. The van der Waals surface area contributed by atoms with E-state index >= 15 is 0 Å². The average Bonchev–Trinajstić information content (AvgIpc) is 2.59. The fraction of sp³-hybridized carbons (Fsp3) is 0.533. The number of anilines is 1. The van der Waals surface area contributed by atoms with Crippen molar-refractivity contribution in [2.75, 3.05) is 11.9 Å². The molecule has 3 heteroatoms. The molecule has 0 spiro atoms. The Labute approximate surface area is 116 Å². The molecule has 96 valence electrons. The monoisotopic (exact) mass is 307 g/mol. The van der Waals surface area contributed by atoms with E-state index in [1.165, 1.54) is 36.8 Å². The standard InChI is InChI=1S/C15H18BrNO/c1-17-14-6-5-11(8-12(14)9-15(17)18)13(16)7-10-3-2-4-10/h5-6,8,10,13H,2-4,7,9H2,1H3.